The Morgan fingerprint density at radius 2 is 1.81 bits per heavy atom. The van der Waals surface area contributed by atoms with Crippen molar-refractivity contribution in [2.45, 2.75) is 12.5 Å². The predicted molar refractivity (Wildman–Crippen MR) is 102 cm³/mol. The maximum Gasteiger partial charge on any atom is 0.254 e. The summed E-state index contributed by atoms with van der Waals surface area (Å²) < 4.78 is 5.39. The number of amides is 2. The molecule has 5 nitrogen and oxygen atoms in total. The first-order valence-corrected chi connectivity index (χ1v) is 8.99. The van der Waals surface area contributed by atoms with E-state index in [1.54, 1.807) is 23.3 Å². The van der Waals surface area contributed by atoms with Crippen molar-refractivity contribution in [3.8, 4) is 11.3 Å². The molecule has 1 aliphatic rings. The Morgan fingerprint density at radius 3 is 2.52 bits per heavy atom. The minimum atomic E-state index is -0.501. The number of hydrogen-bond donors (Lipinski definition) is 1. The summed E-state index contributed by atoms with van der Waals surface area (Å²) in [6.45, 7) is 0.975. The Bertz CT molecular complexity index is 918. The van der Waals surface area contributed by atoms with Gasteiger partial charge in [0.1, 0.15) is 11.8 Å². The number of benzene rings is 2. The molecule has 2 amide bonds. The van der Waals surface area contributed by atoms with Gasteiger partial charge in [0.25, 0.3) is 5.91 Å². The summed E-state index contributed by atoms with van der Waals surface area (Å²) in [7, 11) is 0. The predicted octanol–water partition coefficient (Wildman–Crippen LogP) is 3.13. The van der Waals surface area contributed by atoms with Crippen molar-refractivity contribution >= 4 is 11.8 Å². The van der Waals surface area contributed by atoms with Gasteiger partial charge in [0.05, 0.1) is 6.26 Å². The van der Waals surface area contributed by atoms with E-state index in [2.05, 4.69) is 5.32 Å². The maximum atomic E-state index is 13.1. The number of piperazine rings is 1. The lowest BCUT2D eigenvalue weighted by Gasteiger charge is -2.35. The Balaban J connectivity index is 1.55. The van der Waals surface area contributed by atoms with Crippen molar-refractivity contribution < 1.29 is 14.0 Å². The summed E-state index contributed by atoms with van der Waals surface area (Å²) in [5.74, 6) is 0.524. The Hall–Kier alpha value is -3.34. The number of carbonyl (C=O) groups is 2. The molecule has 5 heteroatoms. The van der Waals surface area contributed by atoms with Gasteiger partial charge in [-0.3, -0.25) is 9.59 Å². The normalized spacial score (nSPS) is 16.8. The molecule has 1 N–H and O–H groups in total. The van der Waals surface area contributed by atoms with E-state index in [-0.39, 0.29) is 11.8 Å². The van der Waals surface area contributed by atoms with Crippen LogP contribution in [0.1, 0.15) is 15.9 Å². The number of nitrogens with one attached hydrogen (secondary N) is 1. The van der Waals surface area contributed by atoms with Gasteiger partial charge in [0.15, 0.2) is 0 Å². The lowest BCUT2D eigenvalue weighted by molar-refractivity contribution is -0.127. The molecule has 3 aromatic rings. The molecule has 136 valence electrons. The van der Waals surface area contributed by atoms with Gasteiger partial charge in [-0.05, 0) is 29.8 Å². The molecule has 1 aliphatic heterocycles. The van der Waals surface area contributed by atoms with Crippen LogP contribution in [-0.2, 0) is 11.2 Å². The van der Waals surface area contributed by atoms with Crippen molar-refractivity contribution in [2.75, 3.05) is 13.1 Å². The molecule has 0 radical (unpaired) electrons. The van der Waals surface area contributed by atoms with Crippen molar-refractivity contribution in [1.29, 1.82) is 0 Å². The summed E-state index contributed by atoms with van der Waals surface area (Å²) in [5.41, 5.74) is 2.51. The number of rotatable bonds is 4. The van der Waals surface area contributed by atoms with Crippen molar-refractivity contribution in [1.82, 2.24) is 10.2 Å². The molecule has 2 heterocycles. The Kier molecular flexibility index (Phi) is 4.75. The molecule has 2 aromatic carbocycles. The first kappa shape index (κ1) is 17.1. The summed E-state index contributed by atoms with van der Waals surface area (Å²) in [4.78, 5) is 27.2. The summed E-state index contributed by atoms with van der Waals surface area (Å²) >= 11 is 0. The van der Waals surface area contributed by atoms with E-state index in [1.165, 1.54) is 0 Å². The standard InChI is InChI=1S/C22H20N2O3/c25-21-19(15-16-5-2-1-3-6-16)24(13-12-23-21)22(26)18-10-8-17(9-11-18)20-7-4-14-27-20/h1-11,14,19H,12-13,15H2,(H,23,25). The van der Waals surface area contributed by atoms with Crippen LogP contribution in [0, 0.1) is 0 Å². The van der Waals surface area contributed by atoms with E-state index in [1.807, 2.05) is 54.6 Å². The van der Waals surface area contributed by atoms with Gasteiger partial charge in [-0.25, -0.2) is 0 Å². The first-order valence-electron chi connectivity index (χ1n) is 8.99. The van der Waals surface area contributed by atoms with Gasteiger partial charge >= 0.3 is 0 Å². The van der Waals surface area contributed by atoms with E-state index in [0.29, 0.717) is 25.1 Å². The number of nitrogens with zero attached hydrogens (tertiary/aromatic N) is 1. The fourth-order valence-corrected chi connectivity index (χ4v) is 3.38. The fourth-order valence-electron chi connectivity index (χ4n) is 3.38. The molecule has 1 fully saturated rings. The van der Waals surface area contributed by atoms with Gasteiger partial charge in [-0.2, -0.15) is 0 Å². The second-order valence-electron chi connectivity index (χ2n) is 6.55. The lowest BCUT2D eigenvalue weighted by Crippen LogP contribution is -2.58. The number of hydrogen-bond acceptors (Lipinski definition) is 3. The zero-order valence-electron chi connectivity index (χ0n) is 14.8. The third-order valence-electron chi connectivity index (χ3n) is 4.80. The summed E-state index contributed by atoms with van der Waals surface area (Å²) in [6, 6.07) is 20.3. The van der Waals surface area contributed by atoms with Crippen LogP contribution >= 0.6 is 0 Å². The van der Waals surface area contributed by atoms with Crippen LogP contribution in [0.3, 0.4) is 0 Å². The molecule has 0 aliphatic carbocycles. The second kappa shape index (κ2) is 7.50. The van der Waals surface area contributed by atoms with E-state index >= 15 is 0 Å². The molecule has 0 saturated carbocycles. The minimum Gasteiger partial charge on any atom is -0.464 e. The second-order valence-corrected chi connectivity index (χ2v) is 6.55. The molecule has 0 spiro atoms. The van der Waals surface area contributed by atoms with Gasteiger partial charge < -0.3 is 14.6 Å². The van der Waals surface area contributed by atoms with Crippen molar-refractivity contribution in [2.24, 2.45) is 0 Å². The lowest BCUT2D eigenvalue weighted by atomic mass is 10.0. The Morgan fingerprint density at radius 1 is 1.04 bits per heavy atom. The highest BCUT2D eigenvalue weighted by atomic mass is 16.3. The van der Waals surface area contributed by atoms with Gasteiger partial charge in [-0.1, -0.05) is 42.5 Å². The summed E-state index contributed by atoms with van der Waals surface area (Å²) in [5, 5.41) is 2.87. The SMILES string of the molecule is O=C1NCCN(C(=O)c2ccc(-c3ccco3)cc2)C1Cc1ccccc1. The molecule has 27 heavy (non-hydrogen) atoms. The van der Waals surface area contributed by atoms with Crippen LogP contribution in [0.5, 0.6) is 0 Å². The Labute approximate surface area is 157 Å². The van der Waals surface area contributed by atoms with Crippen LogP contribution in [0.15, 0.2) is 77.4 Å². The summed E-state index contributed by atoms with van der Waals surface area (Å²) in [6.07, 6.45) is 2.12. The van der Waals surface area contributed by atoms with Gasteiger partial charge in [-0.15, -0.1) is 0 Å². The van der Waals surface area contributed by atoms with Crippen LogP contribution < -0.4 is 5.32 Å². The van der Waals surface area contributed by atoms with E-state index in [4.69, 9.17) is 4.42 Å². The molecule has 1 atom stereocenters. The molecule has 1 aromatic heterocycles. The highest BCUT2D eigenvalue weighted by molar-refractivity contribution is 5.98. The average molecular weight is 360 g/mol. The minimum absolute atomic E-state index is 0.106. The first-order chi connectivity index (χ1) is 13.2. The zero-order valence-corrected chi connectivity index (χ0v) is 14.8. The van der Waals surface area contributed by atoms with Crippen molar-refractivity contribution in [3.05, 3.63) is 84.1 Å². The number of furan rings is 1. The van der Waals surface area contributed by atoms with Gasteiger partial charge in [0.2, 0.25) is 5.91 Å². The number of carbonyl (C=O) groups excluding carboxylic acids is 2. The topological polar surface area (TPSA) is 62.6 Å². The van der Waals surface area contributed by atoms with Crippen LogP contribution in [0.4, 0.5) is 0 Å². The van der Waals surface area contributed by atoms with Crippen LogP contribution in [0.25, 0.3) is 11.3 Å². The molecular weight excluding hydrogens is 340 g/mol. The van der Waals surface area contributed by atoms with Gasteiger partial charge in [0, 0.05) is 30.6 Å². The molecule has 4 rings (SSSR count). The fraction of sp³-hybridized carbons (Fsp3) is 0.182. The zero-order chi connectivity index (χ0) is 18.6. The third kappa shape index (κ3) is 3.62. The maximum absolute atomic E-state index is 13.1. The van der Waals surface area contributed by atoms with Crippen LogP contribution in [-0.4, -0.2) is 35.8 Å². The average Bonchev–Trinajstić information content (AvgIpc) is 3.25. The monoisotopic (exact) mass is 360 g/mol. The molecule has 1 unspecified atom stereocenters. The van der Waals surface area contributed by atoms with Crippen LogP contribution in [0.2, 0.25) is 0 Å². The quantitative estimate of drug-likeness (QED) is 0.778. The molecule has 1 saturated heterocycles. The van der Waals surface area contributed by atoms with E-state index in [0.717, 1.165) is 16.9 Å². The van der Waals surface area contributed by atoms with Crippen molar-refractivity contribution in [3.63, 3.8) is 0 Å². The third-order valence-corrected chi connectivity index (χ3v) is 4.80. The van der Waals surface area contributed by atoms with E-state index < -0.39 is 6.04 Å². The highest BCUT2D eigenvalue weighted by Crippen LogP contribution is 2.22. The molecular formula is C22H20N2O3. The molecule has 0 bridgehead atoms. The van der Waals surface area contributed by atoms with E-state index in [9.17, 15) is 9.59 Å². The largest absolute Gasteiger partial charge is 0.464 e. The highest BCUT2D eigenvalue weighted by Gasteiger charge is 2.33. The smallest absolute Gasteiger partial charge is 0.254 e.